The smallest absolute Gasteiger partial charge is 0.410 e. The molecule has 1 amide bonds. The zero-order valence-corrected chi connectivity index (χ0v) is 13.6. The number of nitrogens with zero attached hydrogens (tertiary/aromatic N) is 1. The Morgan fingerprint density at radius 2 is 1.61 bits per heavy atom. The van der Waals surface area contributed by atoms with Crippen molar-refractivity contribution in [1.82, 2.24) is 4.90 Å². The molecule has 4 aliphatic carbocycles. The Morgan fingerprint density at radius 1 is 0.957 bits per heavy atom. The number of carbonyl (C=O) groups is 1. The van der Waals surface area contributed by atoms with Gasteiger partial charge in [-0.2, -0.15) is 0 Å². The Balaban J connectivity index is 1.29. The highest BCUT2D eigenvalue weighted by Crippen LogP contribution is 2.56. The van der Waals surface area contributed by atoms with E-state index >= 15 is 0 Å². The van der Waals surface area contributed by atoms with Gasteiger partial charge in [-0.05, 0) is 67.3 Å². The summed E-state index contributed by atoms with van der Waals surface area (Å²) in [7, 11) is 0. The van der Waals surface area contributed by atoms with Gasteiger partial charge in [-0.1, -0.05) is 30.3 Å². The molecule has 3 heteroatoms. The van der Waals surface area contributed by atoms with E-state index in [1.165, 1.54) is 32.1 Å². The van der Waals surface area contributed by atoms with E-state index in [0.29, 0.717) is 0 Å². The van der Waals surface area contributed by atoms with Crippen molar-refractivity contribution in [3.8, 4) is 0 Å². The van der Waals surface area contributed by atoms with Gasteiger partial charge in [0.1, 0.15) is 6.10 Å². The van der Waals surface area contributed by atoms with Gasteiger partial charge in [-0.15, -0.1) is 0 Å². The van der Waals surface area contributed by atoms with Gasteiger partial charge in [-0.3, -0.25) is 0 Å². The minimum atomic E-state index is -0.104. The van der Waals surface area contributed by atoms with Gasteiger partial charge < -0.3 is 9.64 Å². The maximum atomic E-state index is 12.3. The Kier molecular flexibility index (Phi) is 3.17. The van der Waals surface area contributed by atoms with Crippen LogP contribution in [0.3, 0.4) is 0 Å². The molecule has 1 heterocycles. The molecule has 122 valence electrons. The van der Waals surface area contributed by atoms with Gasteiger partial charge >= 0.3 is 6.09 Å². The largest absolute Gasteiger partial charge is 0.439 e. The van der Waals surface area contributed by atoms with Crippen LogP contribution >= 0.6 is 0 Å². The van der Waals surface area contributed by atoms with Gasteiger partial charge in [0.25, 0.3) is 0 Å². The lowest BCUT2D eigenvalue weighted by molar-refractivity contribution is -0.0439. The van der Waals surface area contributed by atoms with E-state index in [2.05, 4.69) is 12.1 Å². The second kappa shape index (κ2) is 5.25. The predicted octanol–water partition coefficient (Wildman–Crippen LogP) is 4.25. The van der Waals surface area contributed by atoms with Crippen LogP contribution in [0.25, 0.3) is 0 Å². The molecule has 5 aliphatic rings. The summed E-state index contributed by atoms with van der Waals surface area (Å²) >= 11 is 0. The summed E-state index contributed by atoms with van der Waals surface area (Å²) in [6, 6.07) is 10.2. The van der Waals surface area contributed by atoms with Gasteiger partial charge in [-0.25, -0.2) is 4.79 Å². The van der Waals surface area contributed by atoms with Crippen LogP contribution in [0.4, 0.5) is 4.79 Å². The SMILES string of the molecule is O=C1O[C@@H](c2ccccc2)CN1CC1C2CC3CC(C2)CC1C3. The summed E-state index contributed by atoms with van der Waals surface area (Å²) in [5, 5.41) is 0. The zero-order chi connectivity index (χ0) is 15.4. The molecule has 1 aromatic carbocycles. The van der Waals surface area contributed by atoms with Crippen molar-refractivity contribution < 1.29 is 9.53 Å². The number of hydrogen-bond acceptors (Lipinski definition) is 2. The van der Waals surface area contributed by atoms with Crippen LogP contribution in [0.1, 0.15) is 43.8 Å². The van der Waals surface area contributed by atoms with Gasteiger partial charge in [0.2, 0.25) is 0 Å². The number of amides is 1. The summed E-state index contributed by atoms with van der Waals surface area (Å²) in [5.41, 5.74) is 1.12. The molecule has 4 bridgehead atoms. The molecule has 5 fully saturated rings. The number of carbonyl (C=O) groups excluding carboxylic acids is 1. The molecular formula is C20H25NO2. The number of hydrogen-bond donors (Lipinski definition) is 0. The maximum absolute atomic E-state index is 12.3. The molecule has 0 unspecified atom stereocenters. The molecule has 23 heavy (non-hydrogen) atoms. The highest BCUT2D eigenvalue weighted by molar-refractivity contribution is 5.70. The Bertz CT molecular complexity index is 571. The highest BCUT2D eigenvalue weighted by atomic mass is 16.6. The fourth-order valence-corrected chi connectivity index (χ4v) is 6.09. The second-order valence-corrected chi connectivity index (χ2v) is 8.28. The van der Waals surface area contributed by atoms with E-state index < -0.39 is 0 Å². The summed E-state index contributed by atoms with van der Waals surface area (Å²) in [6.07, 6.45) is 6.98. The lowest BCUT2D eigenvalue weighted by Crippen LogP contribution is -2.49. The van der Waals surface area contributed by atoms with Gasteiger partial charge in [0.05, 0.1) is 6.54 Å². The fraction of sp³-hybridized carbons (Fsp3) is 0.650. The van der Waals surface area contributed by atoms with Gasteiger partial charge in [0, 0.05) is 6.54 Å². The van der Waals surface area contributed by atoms with E-state index in [-0.39, 0.29) is 12.2 Å². The van der Waals surface area contributed by atoms with Crippen molar-refractivity contribution in [2.45, 2.75) is 38.2 Å². The van der Waals surface area contributed by atoms with E-state index in [1.807, 2.05) is 23.1 Å². The van der Waals surface area contributed by atoms with E-state index in [1.54, 1.807) is 0 Å². The zero-order valence-electron chi connectivity index (χ0n) is 13.6. The molecular weight excluding hydrogens is 286 g/mol. The van der Waals surface area contributed by atoms with E-state index in [0.717, 1.165) is 48.2 Å². The minimum Gasteiger partial charge on any atom is -0.439 e. The summed E-state index contributed by atoms with van der Waals surface area (Å²) in [4.78, 5) is 14.3. The van der Waals surface area contributed by atoms with Crippen molar-refractivity contribution in [2.24, 2.45) is 29.6 Å². The molecule has 1 aromatic rings. The molecule has 0 N–H and O–H groups in total. The van der Waals surface area contributed by atoms with Crippen molar-refractivity contribution in [3.05, 3.63) is 35.9 Å². The predicted molar refractivity (Wildman–Crippen MR) is 87.8 cm³/mol. The number of cyclic esters (lactones) is 1. The van der Waals surface area contributed by atoms with Crippen LogP contribution in [-0.2, 0) is 4.74 Å². The van der Waals surface area contributed by atoms with Gasteiger partial charge in [0.15, 0.2) is 0 Å². The van der Waals surface area contributed by atoms with Crippen molar-refractivity contribution in [3.63, 3.8) is 0 Å². The Hall–Kier alpha value is -1.51. The van der Waals surface area contributed by atoms with E-state index in [9.17, 15) is 4.79 Å². The molecule has 3 nitrogen and oxygen atoms in total. The maximum Gasteiger partial charge on any atom is 0.410 e. The quantitative estimate of drug-likeness (QED) is 0.835. The third-order valence-electron chi connectivity index (χ3n) is 6.91. The molecule has 1 atom stereocenters. The number of ether oxygens (including phenoxy) is 1. The lowest BCUT2D eigenvalue weighted by atomic mass is 9.52. The first-order valence-electron chi connectivity index (χ1n) is 9.27. The fourth-order valence-electron chi connectivity index (χ4n) is 6.09. The average Bonchev–Trinajstić information content (AvgIpc) is 2.92. The van der Waals surface area contributed by atoms with Crippen LogP contribution in [0.5, 0.6) is 0 Å². The van der Waals surface area contributed by atoms with Crippen molar-refractivity contribution >= 4 is 6.09 Å². The molecule has 4 saturated carbocycles. The van der Waals surface area contributed by atoms with E-state index in [4.69, 9.17) is 4.74 Å². The summed E-state index contributed by atoms with van der Waals surface area (Å²) < 4.78 is 5.64. The molecule has 0 aromatic heterocycles. The number of rotatable bonds is 3. The van der Waals surface area contributed by atoms with Crippen molar-refractivity contribution in [2.75, 3.05) is 13.1 Å². The minimum absolute atomic E-state index is 0.0828. The lowest BCUT2D eigenvalue weighted by Gasteiger charge is -2.55. The second-order valence-electron chi connectivity index (χ2n) is 8.28. The Labute approximate surface area is 138 Å². The highest BCUT2D eigenvalue weighted by Gasteiger charge is 2.49. The topological polar surface area (TPSA) is 29.5 Å². The van der Waals surface area contributed by atoms with Crippen LogP contribution in [0.2, 0.25) is 0 Å². The first-order chi connectivity index (χ1) is 11.3. The number of benzene rings is 1. The standard InChI is InChI=1S/C20H25NO2/c22-20-21(12-19(23-20)15-4-2-1-3-5-15)11-18-16-7-13-6-14(9-16)10-17(18)8-13/h1-5,13-14,16-19H,6-12H2/t13?,14?,16?,17?,18?,19-/m1/s1. The third-order valence-corrected chi connectivity index (χ3v) is 6.91. The van der Waals surface area contributed by atoms with Crippen LogP contribution in [0.15, 0.2) is 30.3 Å². The van der Waals surface area contributed by atoms with Crippen LogP contribution < -0.4 is 0 Å². The molecule has 0 radical (unpaired) electrons. The van der Waals surface area contributed by atoms with Crippen LogP contribution in [0, 0.1) is 29.6 Å². The van der Waals surface area contributed by atoms with Crippen LogP contribution in [-0.4, -0.2) is 24.1 Å². The normalized spacial score (nSPS) is 41.4. The molecule has 0 spiro atoms. The van der Waals surface area contributed by atoms with Crippen molar-refractivity contribution in [1.29, 1.82) is 0 Å². The summed E-state index contributed by atoms with van der Waals surface area (Å²) in [5.74, 6) is 4.46. The molecule has 6 rings (SSSR count). The monoisotopic (exact) mass is 311 g/mol. The summed E-state index contributed by atoms with van der Waals surface area (Å²) in [6.45, 7) is 1.66. The first-order valence-corrected chi connectivity index (χ1v) is 9.27. The Morgan fingerprint density at radius 3 is 2.26 bits per heavy atom. The first kappa shape index (κ1) is 13.9. The molecule has 1 aliphatic heterocycles. The molecule has 1 saturated heterocycles. The third kappa shape index (κ3) is 2.36. The average molecular weight is 311 g/mol.